The van der Waals surface area contributed by atoms with Gasteiger partial charge in [0.15, 0.2) is 11.5 Å². The van der Waals surface area contributed by atoms with Gasteiger partial charge in [0.2, 0.25) is 5.82 Å². The molecule has 0 radical (unpaired) electrons. The van der Waals surface area contributed by atoms with Gasteiger partial charge in [-0.15, -0.1) is 0 Å². The summed E-state index contributed by atoms with van der Waals surface area (Å²) in [5.41, 5.74) is 1.90. The Hall–Kier alpha value is -2.13. The number of nitrogens with one attached hydrogen (secondary N) is 2. The second-order valence-corrected chi connectivity index (χ2v) is 7.86. The third-order valence-electron chi connectivity index (χ3n) is 3.57. The topological polar surface area (TPSA) is 159 Å². The number of benzene rings is 1. The Kier molecular flexibility index (Phi) is 4.95. The van der Waals surface area contributed by atoms with Crippen LogP contribution in [0.5, 0.6) is 0 Å². The van der Waals surface area contributed by atoms with E-state index < -0.39 is 28.4 Å². The Morgan fingerprint density at radius 1 is 1.56 bits per heavy atom. The van der Waals surface area contributed by atoms with Gasteiger partial charge in [-0.2, -0.15) is 12.7 Å². The van der Waals surface area contributed by atoms with Crippen molar-refractivity contribution in [2.45, 2.75) is 0 Å². The summed E-state index contributed by atoms with van der Waals surface area (Å²) in [6, 6.07) is 3.85. The molecule has 0 amide bonds. The van der Waals surface area contributed by atoms with Gasteiger partial charge < -0.3 is 5.32 Å². The summed E-state index contributed by atoms with van der Waals surface area (Å²) in [6.07, 6.45) is 0. The molecule has 0 bridgehead atoms. The number of aliphatic imine (C=N–C) groups is 1. The molecule has 1 aromatic heterocycles. The average Bonchev–Trinajstić information content (AvgIpc) is 2.99. The van der Waals surface area contributed by atoms with Gasteiger partial charge in [-0.05, 0) is 44.4 Å². The Balaban J connectivity index is 1.80. The van der Waals surface area contributed by atoms with Gasteiger partial charge in [-0.3, -0.25) is 10.7 Å². The first-order chi connectivity index (χ1) is 13.5. The van der Waals surface area contributed by atoms with Crippen molar-refractivity contribution in [2.24, 2.45) is 16.0 Å². The molecule has 3 rings (SSSR count). The molecule has 11 nitrogen and oxygen atoms in total. The zero-order chi connectivity index (χ0) is 21.4. The fourth-order valence-corrected chi connectivity index (χ4v) is 3.29. The molecule has 0 unspecified atom stereocenters. The van der Waals surface area contributed by atoms with Crippen LogP contribution in [0.15, 0.2) is 32.3 Å². The Labute approximate surface area is 164 Å². The van der Waals surface area contributed by atoms with Crippen LogP contribution in [0.2, 0.25) is 0 Å². The highest BCUT2D eigenvalue weighted by molar-refractivity contribution is 9.10. The lowest BCUT2D eigenvalue weighted by atomic mass is 10.0. The molecule has 14 heteroatoms. The van der Waals surface area contributed by atoms with Crippen LogP contribution in [0.25, 0.3) is 0 Å². The summed E-state index contributed by atoms with van der Waals surface area (Å²) >= 11 is 3.02. The Bertz CT molecular complexity index is 1050. The fourth-order valence-electron chi connectivity index (χ4n) is 2.15. The Morgan fingerprint density at radius 3 is 2.93 bits per heavy atom. The van der Waals surface area contributed by atoms with Gasteiger partial charge >= 0.3 is 0 Å². The summed E-state index contributed by atoms with van der Waals surface area (Å²) in [7, 11) is -3.89. The van der Waals surface area contributed by atoms with Gasteiger partial charge in [0.1, 0.15) is 5.82 Å². The lowest BCUT2D eigenvalue weighted by molar-refractivity contribution is 0.211. The van der Waals surface area contributed by atoms with E-state index in [1.165, 1.54) is 12.1 Å². The molecule has 1 aromatic carbocycles. The predicted molar refractivity (Wildman–Crippen MR) is 96.2 cm³/mol. The molecule has 5 N–H and O–H groups in total. The van der Waals surface area contributed by atoms with Crippen molar-refractivity contribution in [3.05, 3.63) is 34.2 Å². The summed E-state index contributed by atoms with van der Waals surface area (Å²) in [6.45, 7) is -2.35. The van der Waals surface area contributed by atoms with E-state index in [0.29, 0.717) is 0 Å². The van der Waals surface area contributed by atoms with E-state index in [1.54, 1.807) is 0 Å². The number of anilines is 1. The number of amidine groups is 1. The molecule has 0 aliphatic carbocycles. The smallest absolute Gasteiger partial charge is 0.276 e. The molecule has 1 fully saturated rings. The van der Waals surface area contributed by atoms with E-state index in [0.717, 1.165) is 10.4 Å². The van der Waals surface area contributed by atoms with Gasteiger partial charge in [-0.25, -0.2) is 19.2 Å². The molecule has 2 aromatic rings. The lowest BCUT2D eigenvalue weighted by Gasteiger charge is -2.36. The minimum absolute atomic E-state index is 0.123. The minimum Gasteiger partial charge on any atom is -0.365 e. The predicted octanol–water partition coefficient (Wildman–Crippen LogP) is 0.575. The van der Waals surface area contributed by atoms with Crippen molar-refractivity contribution in [3.8, 4) is 0 Å². The largest absolute Gasteiger partial charge is 0.365 e. The molecule has 0 spiro atoms. The Morgan fingerprint density at radius 2 is 2.30 bits per heavy atom. The maximum atomic E-state index is 13.4. The highest BCUT2D eigenvalue weighted by atomic mass is 79.9. The molecule has 0 saturated carbocycles. The quantitative estimate of drug-likeness (QED) is 0.273. The van der Waals surface area contributed by atoms with Gasteiger partial charge in [0.25, 0.3) is 10.2 Å². The first kappa shape index (κ1) is 17.0. The lowest BCUT2D eigenvalue weighted by Crippen LogP contribution is -2.54. The maximum Gasteiger partial charge on any atom is 0.276 e. The highest BCUT2D eigenvalue weighted by Crippen LogP contribution is 2.24. The summed E-state index contributed by atoms with van der Waals surface area (Å²) in [4.78, 5) is 4.07. The van der Waals surface area contributed by atoms with Crippen LogP contribution in [-0.4, -0.2) is 53.7 Å². The first-order valence-electron chi connectivity index (χ1n) is 8.34. The van der Waals surface area contributed by atoms with E-state index in [2.05, 4.69) is 41.2 Å². The monoisotopic (exact) mass is 465 g/mol. The van der Waals surface area contributed by atoms with Gasteiger partial charge in [0.05, 0.1) is 10.2 Å². The number of nitrogens with two attached hydrogens (primary N) is 1. The molecule has 27 heavy (non-hydrogen) atoms. The number of halogens is 2. The van der Waals surface area contributed by atoms with Crippen LogP contribution in [0, 0.1) is 11.7 Å². The first-order valence-corrected chi connectivity index (χ1v) is 9.63. The van der Waals surface area contributed by atoms with Crippen molar-refractivity contribution in [1.82, 2.24) is 20.1 Å². The number of nitrogens with zero attached hydrogens (tertiary/aromatic N) is 4. The van der Waals surface area contributed by atoms with Crippen LogP contribution in [0.1, 0.15) is 8.44 Å². The second kappa shape index (κ2) is 7.85. The molecular formula is C13H15BrFN7O4S. The third kappa shape index (κ3) is 4.59. The van der Waals surface area contributed by atoms with E-state index in [9.17, 15) is 18.0 Å². The highest BCUT2D eigenvalue weighted by Gasteiger charge is 2.33. The number of rotatable bonds is 6. The number of aromatic nitrogens is 2. The zero-order valence-corrected chi connectivity index (χ0v) is 15.8. The van der Waals surface area contributed by atoms with Crippen LogP contribution < -0.4 is 15.9 Å². The van der Waals surface area contributed by atoms with Crippen LogP contribution in [-0.2, 0) is 10.2 Å². The van der Waals surface area contributed by atoms with E-state index in [-0.39, 0.29) is 40.6 Å². The van der Waals surface area contributed by atoms with Crippen LogP contribution >= 0.6 is 15.9 Å². The number of hydroxylamine groups is 1. The molecule has 0 atom stereocenters. The molecule has 1 aliphatic heterocycles. The standard InChI is InChI=1S/C13H15BrFN7O4S/c14-9-3-8(1-2-10(9)15)18-13(19-23)11-12(21-26-20-11)17-4-7-5-22(6-7)27(16,24)25/h1-3,7,23H,4-6H2,(H,17,21)(H,18,19)(H2,16,24,25)/i4D2. The van der Waals surface area contributed by atoms with Crippen molar-refractivity contribution in [3.63, 3.8) is 0 Å². The maximum absolute atomic E-state index is 13.4. The molecule has 2 heterocycles. The van der Waals surface area contributed by atoms with Crippen molar-refractivity contribution in [2.75, 3.05) is 24.9 Å². The van der Waals surface area contributed by atoms with E-state index in [4.69, 9.17) is 7.88 Å². The minimum atomic E-state index is -3.89. The second-order valence-electron chi connectivity index (χ2n) is 5.46. The molecule has 1 aliphatic rings. The van der Waals surface area contributed by atoms with Gasteiger partial charge in [0, 0.05) is 28.2 Å². The van der Waals surface area contributed by atoms with Crippen molar-refractivity contribution < 1.29 is 25.4 Å². The van der Waals surface area contributed by atoms with E-state index >= 15 is 0 Å². The normalized spacial score (nSPS) is 17.9. The van der Waals surface area contributed by atoms with Crippen molar-refractivity contribution in [1.29, 1.82) is 0 Å². The third-order valence-corrected chi connectivity index (χ3v) is 5.19. The number of hydrogen-bond acceptors (Lipinski definition) is 8. The zero-order valence-electron chi connectivity index (χ0n) is 15.4. The summed E-state index contributed by atoms with van der Waals surface area (Å²) in [5, 5.41) is 24.0. The fraction of sp³-hybridized carbons (Fsp3) is 0.308. The summed E-state index contributed by atoms with van der Waals surface area (Å²) in [5.74, 6) is -1.66. The van der Waals surface area contributed by atoms with Gasteiger partial charge in [-0.1, -0.05) is 0 Å². The SMILES string of the molecule is [2H]C([2H])(Nc1nonc1C(=Nc1ccc(F)c(Br)c1)NO)C1CN(S(N)(=O)=O)C1. The molecule has 146 valence electrons. The van der Waals surface area contributed by atoms with E-state index in [1.807, 2.05) is 5.48 Å². The molecule has 1 saturated heterocycles. The summed E-state index contributed by atoms with van der Waals surface area (Å²) < 4.78 is 57.8. The van der Waals surface area contributed by atoms with Crippen LogP contribution in [0.3, 0.4) is 0 Å². The average molecular weight is 466 g/mol. The van der Waals surface area contributed by atoms with Crippen molar-refractivity contribution >= 4 is 43.5 Å². The number of hydrogen-bond donors (Lipinski definition) is 4. The van der Waals surface area contributed by atoms with Crippen LogP contribution in [0.4, 0.5) is 15.9 Å². The molecular weight excluding hydrogens is 449 g/mol.